The maximum atomic E-state index is 12.1. The number of hydrogen-bond donors (Lipinski definition) is 2. The van der Waals surface area contributed by atoms with Crippen molar-refractivity contribution in [1.29, 1.82) is 0 Å². The molecule has 0 atom stereocenters. The lowest BCUT2D eigenvalue weighted by Gasteiger charge is -2.08. The normalized spacial score (nSPS) is 10.4. The third-order valence-corrected chi connectivity index (χ3v) is 3.85. The molecule has 0 saturated carbocycles. The SMILES string of the molecule is CC(C)OCc1ccc(NC(=O)c2csc(CCN)n2)cc1.Cl. The molecule has 0 fully saturated rings. The van der Waals surface area contributed by atoms with Gasteiger partial charge in [0, 0.05) is 17.5 Å². The van der Waals surface area contributed by atoms with Gasteiger partial charge >= 0.3 is 0 Å². The van der Waals surface area contributed by atoms with Crippen LogP contribution in [0.2, 0.25) is 0 Å². The Kier molecular flexibility index (Phi) is 8.19. The average Bonchev–Trinajstić information content (AvgIpc) is 2.96. The Morgan fingerprint density at radius 1 is 1.35 bits per heavy atom. The summed E-state index contributed by atoms with van der Waals surface area (Å²) in [4.78, 5) is 16.4. The maximum Gasteiger partial charge on any atom is 0.275 e. The smallest absolute Gasteiger partial charge is 0.275 e. The molecule has 0 spiro atoms. The minimum absolute atomic E-state index is 0. The molecule has 3 N–H and O–H groups in total. The summed E-state index contributed by atoms with van der Waals surface area (Å²) in [6.45, 7) is 5.11. The molecule has 5 nitrogen and oxygen atoms in total. The number of ether oxygens (including phenoxy) is 1. The molecule has 7 heteroatoms. The first-order valence-corrected chi connectivity index (χ1v) is 8.13. The highest BCUT2D eigenvalue weighted by molar-refractivity contribution is 7.09. The zero-order chi connectivity index (χ0) is 15.9. The lowest BCUT2D eigenvalue weighted by Crippen LogP contribution is -2.13. The Hall–Kier alpha value is -1.47. The Balaban J connectivity index is 0.00000264. The molecule has 0 aliphatic carbocycles. The number of nitrogens with two attached hydrogens (primary N) is 1. The third-order valence-electron chi connectivity index (χ3n) is 2.94. The lowest BCUT2D eigenvalue weighted by atomic mass is 10.2. The molecule has 2 aromatic rings. The molecule has 1 aromatic heterocycles. The van der Waals surface area contributed by atoms with Gasteiger partial charge in [-0.25, -0.2) is 4.98 Å². The first kappa shape index (κ1) is 19.6. The molecule has 0 radical (unpaired) electrons. The molecule has 1 amide bonds. The monoisotopic (exact) mass is 355 g/mol. The quantitative estimate of drug-likeness (QED) is 0.799. The van der Waals surface area contributed by atoms with E-state index in [-0.39, 0.29) is 24.4 Å². The van der Waals surface area contributed by atoms with Crippen LogP contribution in [-0.2, 0) is 17.8 Å². The molecule has 1 heterocycles. The zero-order valence-corrected chi connectivity index (χ0v) is 14.9. The summed E-state index contributed by atoms with van der Waals surface area (Å²) in [5.41, 5.74) is 7.73. The molecule has 0 aliphatic rings. The number of anilines is 1. The van der Waals surface area contributed by atoms with E-state index in [1.807, 2.05) is 38.1 Å². The minimum atomic E-state index is -0.203. The number of nitrogens with zero attached hydrogens (tertiary/aromatic N) is 1. The Labute approximate surface area is 146 Å². The van der Waals surface area contributed by atoms with Crippen molar-refractivity contribution >= 4 is 35.3 Å². The van der Waals surface area contributed by atoms with E-state index in [9.17, 15) is 4.79 Å². The van der Waals surface area contributed by atoms with Gasteiger partial charge in [-0.05, 0) is 38.1 Å². The van der Waals surface area contributed by atoms with Crippen LogP contribution in [0.3, 0.4) is 0 Å². The van der Waals surface area contributed by atoms with Crippen LogP contribution in [0, 0.1) is 0 Å². The van der Waals surface area contributed by atoms with Gasteiger partial charge in [0.1, 0.15) is 5.69 Å². The number of aromatic nitrogens is 1. The summed E-state index contributed by atoms with van der Waals surface area (Å²) in [5.74, 6) is -0.203. The number of rotatable bonds is 7. The summed E-state index contributed by atoms with van der Waals surface area (Å²) < 4.78 is 5.54. The van der Waals surface area contributed by atoms with E-state index < -0.39 is 0 Å². The number of halogens is 1. The summed E-state index contributed by atoms with van der Waals surface area (Å²) >= 11 is 1.46. The van der Waals surface area contributed by atoms with Gasteiger partial charge in [0.15, 0.2) is 0 Å². The van der Waals surface area contributed by atoms with E-state index in [0.717, 1.165) is 16.3 Å². The van der Waals surface area contributed by atoms with E-state index in [0.29, 0.717) is 25.3 Å². The van der Waals surface area contributed by atoms with Crippen LogP contribution < -0.4 is 11.1 Å². The fourth-order valence-corrected chi connectivity index (χ4v) is 2.59. The number of thiazole rings is 1. The number of hydrogen-bond acceptors (Lipinski definition) is 5. The summed E-state index contributed by atoms with van der Waals surface area (Å²) in [7, 11) is 0. The fraction of sp³-hybridized carbons (Fsp3) is 0.375. The van der Waals surface area contributed by atoms with Crippen molar-refractivity contribution < 1.29 is 9.53 Å². The van der Waals surface area contributed by atoms with Gasteiger partial charge in [0.05, 0.1) is 17.7 Å². The van der Waals surface area contributed by atoms with Gasteiger partial charge in [-0.15, -0.1) is 23.7 Å². The second-order valence-corrected chi connectivity index (χ2v) is 6.12. The molecule has 1 aromatic carbocycles. The van der Waals surface area contributed by atoms with E-state index in [1.54, 1.807) is 5.38 Å². The Morgan fingerprint density at radius 3 is 2.65 bits per heavy atom. The van der Waals surface area contributed by atoms with E-state index in [1.165, 1.54) is 11.3 Å². The number of carbonyl (C=O) groups is 1. The Morgan fingerprint density at radius 2 is 2.04 bits per heavy atom. The van der Waals surface area contributed by atoms with Crippen LogP contribution in [0.1, 0.15) is 34.9 Å². The second kappa shape index (κ2) is 9.62. The molecule has 126 valence electrons. The Bertz CT molecular complexity index is 614. The third kappa shape index (κ3) is 6.27. The topological polar surface area (TPSA) is 77.2 Å². The largest absolute Gasteiger partial charge is 0.374 e. The van der Waals surface area contributed by atoms with Crippen LogP contribution in [0.25, 0.3) is 0 Å². The summed E-state index contributed by atoms with van der Waals surface area (Å²) in [6.07, 6.45) is 0.898. The first-order valence-electron chi connectivity index (χ1n) is 7.25. The molecule has 0 unspecified atom stereocenters. The molecule has 23 heavy (non-hydrogen) atoms. The van der Waals surface area contributed by atoms with E-state index in [4.69, 9.17) is 10.5 Å². The molecule has 2 rings (SSSR count). The zero-order valence-electron chi connectivity index (χ0n) is 13.2. The standard InChI is InChI=1S/C16H21N3O2S.ClH/c1-11(2)21-9-12-3-5-13(6-4-12)18-16(20)14-10-22-15(19-14)7-8-17;/h3-6,10-11H,7-9,17H2,1-2H3,(H,18,20);1H. The molecule has 0 aliphatic heterocycles. The van der Waals surface area contributed by atoms with Crippen LogP contribution in [0.4, 0.5) is 5.69 Å². The van der Waals surface area contributed by atoms with Gasteiger partial charge in [0.25, 0.3) is 5.91 Å². The van der Waals surface area contributed by atoms with Gasteiger partial charge < -0.3 is 15.8 Å². The summed E-state index contributed by atoms with van der Waals surface area (Å²) in [5, 5.41) is 5.48. The van der Waals surface area contributed by atoms with Gasteiger partial charge in [-0.3, -0.25) is 4.79 Å². The van der Waals surface area contributed by atoms with Crippen LogP contribution in [-0.4, -0.2) is 23.5 Å². The number of benzene rings is 1. The van der Waals surface area contributed by atoms with E-state index in [2.05, 4.69) is 10.3 Å². The van der Waals surface area contributed by atoms with Crippen molar-refractivity contribution in [2.75, 3.05) is 11.9 Å². The molecular formula is C16H22ClN3O2S. The van der Waals surface area contributed by atoms with Crippen molar-refractivity contribution in [3.05, 3.63) is 45.9 Å². The molecule has 0 bridgehead atoms. The maximum absolute atomic E-state index is 12.1. The summed E-state index contributed by atoms with van der Waals surface area (Å²) in [6, 6.07) is 7.62. The van der Waals surface area contributed by atoms with Crippen molar-refractivity contribution in [1.82, 2.24) is 4.98 Å². The molecule has 0 saturated heterocycles. The van der Waals surface area contributed by atoms with Crippen molar-refractivity contribution in [2.45, 2.75) is 33.0 Å². The van der Waals surface area contributed by atoms with Gasteiger partial charge in [-0.2, -0.15) is 0 Å². The van der Waals surface area contributed by atoms with Gasteiger partial charge in [-0.1, -0.05) is 12.1 Å². The number of nitrogens with one attached hydrogen (secondary N) is 1. The van der Waals surface area contributed by atoms with Crippen molar-refractivity contribution in [3.63, 3.8) is 0 Å². The second-order valence-electron chi connectivity index (χ2n) is 5.18. The fourth-order valence-electron chi connectivity index (χ4n) is 1.80. The average molecular weight is 356 g/mol. The van der Waals surface area contributed by atoms with Gasteiger partial charge in [0.2, 0.25) is 0 Å². The minimum Gasteiger partial charge on any atom is -0.374 e. The highest BCUT2D eigenvalue weighted by Gasteiger charge is 2.10. The van der Waals surface area contributed by atoms with Crippen LogP contribution in [0.15, 0.2) is 29.6 Å². The van der Waals surface area contributed by atoms with E-state index >= 15 is 0 Å². The van der Waals surface area contributed by atoms with Crippen molar-refractivity contribution in [2.24, 2.45) is 5.73 Å². The highest BCUT2D eigenvalue weighted by Crippen LogP contribution is 2.14. The predicted molar refractivity (Wildman–Crippen MR) is 96.4 cm³/mol. The van der Waals surface area contributed by atoms with Crippen LogP contribution in [0.5, 0.6) is 0 Å². The highest BCUT2D eigenvalue weighted by atomic mass is 35.5. The number of amides is 1. The van der Waals surface area contributed by atoms with Crippen molar-refractivity contribution in [3.8, 4) is 0 Å². The van der Waals surface area contributed by atoms with Crippen LogP contribution >= 0.6 is 23.7 Å². The molecular weight excluding hydrogens is 334 g/mol. The number of carbonyl (C=O) groups excluding carboxylic acids is 1. The first-order chi connectivity index (χ1) is 10.6. The predicted octanol–water partition coefficient (Wildman–Crippen LogP) is 3.24. The lowest BCUT2D eigenvalue weighted by molar-refractivity contribution is 0.0657.